The highest BCUT2D eigenvalue weighted by molar-refractivity contribution is 6.10. The van der Waals surface area contributed by atoms with Gasteiger partial charge in [0.05, 0.1) is 11.3 Å². The van der Waals surface area contributed by atoms with Gasteiger partial charge in [0.2, 0.25) is 5.91 Å². The molecule has 82 valence electrons. The van der Waals surface area contributed by atoms with Gasteiger partial charge in [-0.2, -0.15) is 0 Å². The highest BCUT2D eigenvalue weighted by Gasteiger charge is 2.20. The molecule has 2 N–H and O–H groups in total. The summed E-state index contributed by atoms with van der Waals surface area (Å²) in [7, 11) is 0. The van der Waals surface area contributed by atoms with Crippen LogP contribution in [0, 0.1) is 0 Å². The van der Waals surface area contributed by atoms with Gasteiger partial charge in [-0.15, -0.1) is 0 Å². The van der Waals surface area contributed by atoms with E-state index in [9.17, 15) is 14.4 Å². The molecule has 2 rings (SSSR count). The molecule has 0 radical (unpaired) electrons. The van der Waals surface area contributed by atoms with Crippen molar-refractivity contribution in [2.24, 2.45) is 0 Å². The second-order valence-corrected chi connectivity index (χ2v) is 3.54. The lowest BCUT2D eigenvalue weighted by molar-refractivity contribution is -0.116. The molecule has 0 fully saturated rings. The summed E-state index contributed by atoms with van der Waals surface area (Å²) in [6.07, 6.45) is 0.293. The number of carboxylic acids is 1. The van der Waals surface area contributed by atoms with Gasteiger partial charge < -0.3 is 10.4 Å². The number of carbonyl (C=O) groups excluding carboxylic acids is 2. The predicted molar refractivity (Wildman–Crippen MR) is 55.6 cm³/mol. The van der Waals surface area contributed by atoms with E-state index in [0.717, 1.165) is 0 Å². The van der Waals surface area contributed by atoms with Crippen LogP contribution in [-0.2, 0) is 4.79 Å². The Hall–Kier alpha value is -2.17. The largest absolute Gasteiger partial charge is 0.478 e. The summed E-state index contributed by atoms with van der Waals surface area (Å²) in [6, 6.07) is 4.10. The molecule has 16 heavy (non-hydrogen) atoms. The summed E-state index contributed by atoms with van der Waals surface area (Å²) < 4.78 is 0. The van der Waals surface area contributed by atoms with Crippen LogP contribution in [0.4, 0.5) is 5.69 Å². The first kappa shape index (κ1) is 10.4. The Morgan fingerprint density at radius 2 is 2.00 bits per heavy atom. The number of fused-ring (bicyclic) bond motifs is 1. The van der Waals surface area contributed by atoms with Crippen LogP contribution in [0.15, 0.2) is 18.2 Å². The Morgan fingerprint density at radius 3 is 2.69 bits per heavy atom. The van der Waals surface area contributed by atoms with Gasteiger partial charge in [0, 0.05) is 18.4 Å². The second-order valence-electron chi connectivity index (χ2n) is 3.54. The molecule has 1 heterocycles. The molecule has 0 unspecified atom stereocenters. The van der Waals surface area contributed by atoms with Crippen molar-refractivity contribution < 1.29 is 19.5 Å². The lowest BCUT2D eigenvalue weighted by atomic mass is 10.0. The fourth-order valence-electron chi connectivity index (χ4n) is 1.60. The van der Waals surface area contributed by atoms with Crippen LogP contribution >= 0.6 is 0 Å². The van der Waals surface area contributed by atoms with Crippen molar-refractivity contribution >= 4 is 23.3 Å². The molecule has 0 spiro atoms. The lowest BCUT2D eigenvalue weighted by Gasteiger charge is -2.06. The number of carbonyl (C=O) groups is 3. The molecule has 1 aromatic carbocycles. The van der Waals surface area contributed by atoms with Gasteiger partial charge in [0.15, 0.2) is 5.78 Å². The van der Waals surface area contributed by atoms with E-state index in [0.29, 0.717) is 5.56 Å². The average Bonchev–Trinajstić information content (AvgIpc) is 2.38. The van der Waals surface area contributed by atoms with Gasteiger partial charge in [0.25, 0.3) is 0 Å². The number of carboxylic acid groups (broad SMARTS) is 1. The van der Waals surface area contributed by atoms with E-state index < -0.39 is 5.97 Å². The third kappa shape index (κ3) is 1.79. The van der Waals surface area contributed by atoms with E-state index in [1.54, 1.807) is 0 Å². The topological polar surface area (TPSA) is 83.5 Å². The monoisotopic (exact) mass is 219 g/mol. The van der Waals surface area contributed by atoms with Crippen LogP contribution < -0.4 is 5.32 Å². The Labute approximate surface area is 91.1 Å². The number of rotatable bonds is 1. The van der Waals surface area contributed by atoms with Crippen molar-refractivity contribution in [1.29, 1.82) is 0 Å². The van der Waals surface area contributed by atoms with Gasteiger partial charge in [-0.3, -0.25) is 9.59 Å². The van der Waals surface area contributed by atoms with Crippen molar-refractivity contribution in [2.75, 3.05) is 5.32 Å². The van der Waals surface area contributed by atoms with Crippen LogP contribution in [0.1, 0.15) is 33.6 Å². The van der Waals surface area contributed by atoms with E-state index in [1.807, 2.05) is 0 Å². The highest BCUT2D eigenvalue weighted by Crippen LogP contribution is 2.23. The summed E-state index contributed by atoms with van der Waals surface area (Å²) >= 11 is 0. The van der Waals surface area contributed by atoms with Crippen LogP contribution in [0.5, 0.6) is 0 Å². The van der Waals surface area contributed by atoms with E-state index in [1.165, 1.54) is 18.2 Å². The molecule has 1 aliphatic heterocycles. The average molecular weight is 219 g/mol. The molecule has 1 aliphatic rings. The molecule has 1 amide bonds. The van der Waals surface area contributed by atoms with Gasteiger partial charge in [0.1, 0.15) is 0 Å². The number of hydrogen-bond acceptors (Lipinski definition) is 3. The molecular weight excluding hydrogens is 210 g/mol. The minimum Gasteiger partial charge on any atom is -0.478 e. The van der Waals surface area contributed by atoms with Crippen molar-refractivity contribution in [3.63, 3.8) is 0 Å². The summed E-state index contributed by atoms with van der Waals surface area (Å²) in [6.45, 7) is 0. The van der Waals surface area contributed by atoms with Crippen LogP contribution in [0.2, 0.25) is 0 Å². The number of hydrogen-bond donors (Lipinski definition) is 2. The molecule has 5 nitrogen and oxygen atoms in total. The number of benzene rings is 1. The van der Waals surface area contributed by atoms with Gasteiger partial charge in [-0.05, 0) is 18.2 Å². The van der Waals surface area contributed by atoms with E-state index in [2.05, 4.69) is 5.32 Å². The molecule has 0 aromatic heterocycles. The van der Waals surface area contributed by atoms with Gasteiger partial charge in [-0.1, -0.05) is 0 Å². The second kappa shape index (κ2) is 3.77. The first-order chi connectivity index (χ1) is 7.58. The minimum atomic E-state index is -1.09. The summed E-state index contributed by atoms with van der Waals surface area (Å²) in [4.78, 5) is 33.6. The zero-order valence-corrected chi connectivity index (χ0v) is 8.32. The van der Waals surface area contributed by atoms with Crippen LogP contribution in [0.25, 0.3) is 0 Å². The van der Waals surface area contributed by atoms with Crippen molar-refractivity contribution in [1.82, 2.24) is 0 Å². The third-order valence-corrected chi connectivity index (χ3v) is 2.42. The van der Waals surface area contributed by atoms with Crippen LogP contribution in [-0.4, -0.2) is 22.8 Å². The van der Waals surface area contributed by atoms with E-state index >= 15 is 0 Å². The maximum atomic E-state index is 11.6. The normalized spacial score (nSPS) is 15.0. The molecule has 0 bridgehead atoms. The molecular formula is C11H9NO4. The lowest BCUT2D eigenvalue weighted by Crippen LogP contribution is -2.10. The number of ketones is 1. The first-order valence-electron chi connectivity index (χ1n) is 4.78. The maximum Gasteiger partial charge on any atom is 0.335 e. The van der Waals surface area contributed by atoms with Crippen molar-refractivity contribution in [3.05, 3.63) is 29.3 Å². The number of aromatic carboxylic acids is 1. The molecule has 1 aromatic rings. The quantitative estimate of drug-likeness (QED) is 0.745. The highest BCUT2D eigenvalue weighted by atomic mass is 16.4. The standard InChI is InChI=1S/C11H9NO4/c13-9-3-4-10(14)12-8-5-6(11(15)16)1-2-7(8)9/h1-2,5H,3-4H2,(H,12,14)(H,15,16). The maximum absolute atomic E-state index is 11.6. The van der Waals surface area contributed by atoms with Crippen molar-refractivity contribution in [2.45, 2.75) is 12.8 Å². The minimum absolute atomic E-state index is 0.0498. The number of amides is 1. The predicted octanol–water partition coefficient (Wildman–Crippen LogP) is 1.30. The number of Topliss-reactive ketones (excluding diaryl/α,β-unsaturated/α-hetero) is 1. The fraction of sp³-hybridized carbons (Fsp3) is 0.182. The SMILES string of the molecule is O=C1CCC(=O)c2ccc(C(=O)O)cc2N1. The Balaban J connectivity index is 2.51. The van der Waals surface area contributed by atoms with Crippen LogP contribution in [0.3, 0.4) is 0 Å². The molecule has 0 saturated heterocycles. The zero-order chi connectivity index (χ0) is 11.7. The van der Waals surface area contributed by atoms with E-state index in [-0.39, 0.29) is 35.8 Å². The van der Waals surface area contributed by atoms with E-state index in [4.69, 9.17) is 5.11 Å². The first-order valence-corrected chi connectivity index (χ1v) is 4.78. The Kier molecular flexibility index (Phi) is 2.44. The number of nitrogens with one attached hydrogen (secondary N) is 1. The fourth-order valence-corrected chi connectivity index (χ4v) is 1.60. The summed E-state index contributed by atoms with van der Waals surface area (Å²) in [5.41, 5.74) is 0.706. The third-order valence-electron chi connectivity index (χ3n) is 2.42. The van der Waals surface area contributed by atoms with Crippen molar-refractivity contribution in [3.8, 4) is 0 Å². The smallest absolute Gasteiger partial charge is 0.335 e. The van der Waals surface area contributed by atoms with Gasteiger partial charge >= 0.3 is 5.97 Å². The summed E-state index contributed by atoms with van der Waals surface area (Å²) in [5.74, 6) is -1.51. The Morgan fingerprint density at radius 1 is 1.25 bits per heavy atom. The molecule has 0 atom stereocenters. The van der Waals surface area contributed by atoms with Gasteiger partial charge in [-0.25, -0.2) is 4.79 Å². The molecule has 5 heteroatoms. The number of anilines is 1. The molecule has 0 aliphatic carbocycles. The summed E-state index contributed by atoms with van der Waals surface area (Å²) in [5, 5.41) is 11.3. The zero-order valence-electron chi connectivity index (χ0n) is 8.32. The molecule has 0 saturated carbocycles. The Bertz CT molecular complexity index is 493.